The van der Waals surface area contributed by atoms with Gasteiger partial charge in [-0.25, -0.2) is 4.79 Å². The normalized spacial score (nSPS) is 11.4. The van der Waals surface area contributed by atoms with Crippen LogP contribution in [0.5, 0.6) is 0 Å². The summed E-state index contributed by atoms with van der Waals surface area (Å²) in [5, 5.41) is 8.56. The first-order chi connectivity index (χ1) is 11.7. The average molecular weight is 344 g/mol. The third kappa shape index (κ3) is 2.63. The van der Waals surface area contributed by atoms with Crippen molar-refractivity contribution in [2.24, 2.45) is 0 Å². The van der Waals surface area contributed by atoms with Crippen LogP contribution in [-0.4, -0.2) is 31.3 Å². The van der Waals surface area contributed by atoms with E-state index in [-0.39, 0.29) is 5.69 Å². The van der Waals surface area contributed by atoms with E-state index in [1.807, 2.05) is 24.3 Å². The van der Waals surface area contributed by atoms with Crippen molar-refractivity contribution in [2.45, 2.75) is 13.0 Å². The van der Waals surface area contributed by atoms with Crippen molar-refractivity contribution in [2.75, 3.05) is 6.61 Å². The number of hydrogen-bond acceptors (Lipinski definition) is 4. The third-order valence-electron chi connectivity index (χ3n) is 3.80. The van der Waals surface area contributed by atoms with E-state index in [1.165, 1.54) is 4.85 Å². The fourth-order valence-corrected chi connectivity index (χ4v) is 2.84. The van der Waals surface area contributed by atoms with Gasteiger partial charge < -0.3 is 9.82 Å². The predicted octanol–water partition coefficient (Wildman–Crippen LogP) is 2.25. The molecule has 0 unspecified atom stereocenters. The number of rotatable bonds is 5. The molecule has 7 nitrogen and oxygen atoms in total. The molecule has 2 aromatic carbocycles. The molecule has 2 heterocycles. The van der Waals surface area contributed by atoms with Crippen LogP contribution in [0.3, 0.4) is 0 Å². The molecule has 0 aliphatic carbocycles. The lowest BCUT2D eigenvalue weighted by molar-refractivity contribution is 0.0835. The predicted molar refractivity (Wildman–Crippen MR) is 91.2 cm³/mol. The molecular formula is C16H14ClN5O2. The monoisotopic (exact) mass is 343 g/mol. The molecule has 24 heavy (non-hydrogen) atoms. The largest absolute Gasteiger partial charge is 0.395 e. The van der Waals surface area contributed by atoms with Crippen molar-refractivity contribution in [3.05, 3.63) is 58.0 Å². The van der Waals surface area contributed by atoms with Crippen molar-refractivity contribution in [3.63, 3.8) is 0 Å². The highest BCUT2D eigenvalue weighted by molar-refractivity contribution is 6.31. The number of halogens is 1. The number of benzene rings is 2. The van der Waals surface area contributed by atoms with Crippen molar-refractivity contribution < 1.29 is 4.84 Å². The number of H-pyrrole nitrogens is 1. The molecule has 4 aromatic rings. The second-order valence-corrected chi connectivity index (χ2v) is 5.82. The molecule has 8 heteroatoms. The van der Waals surface area contributed by atoms with E-state index >= 15 is 0 Å². The van der Waals surface area contributed by atoms with Gasteiger partial charge in [-0.1, -0.05) is 28.6 Å². The van der Waals surface area contributed by atoms with Gasteiger partial charge in [0.2, 0.25) is 0 Å². The maximum Gasteiger partial charge on any atom is 0.326 e. The van der Waals surface area contributed by atoms with E-state index in [2.05, 4.69) is 15.3 Å². The lowest BCUT2D eigenvalue weighted by atomic mass is 10.3. The summed E-state index contributed by atoms with van der Waals surface area (Å²) in [7, 11) is 0. The van der Waals surface area contributed by atoms with Crippen LogP contribution in [0.25, 0.3) is 22.1 Å². The van der Waals surface area contributed by atoms with Gasteiger partial charge in [0, 0.05) is 18.0 Å². The first-order valence-electron chi connectivity index (χ1n) is 7.54. The van der Waals surface area contributed by atoms with Gasteiger partial charge in [-0.3, -0.25) is 4.57 Å². The lowest BCUT2D eigenvalue weighted by Gasteiger charge is -2.06. The number of hydrogen-bond donors (Lipinski definition) is 1. The molecule has 0 saturated heterocycles. The Morgan fingerprint density at radius 2 is 2.04 bits per heavy atom. The first kappa shape index (κ1) is 14.8. The van der Waals surface area contributed by atoms with Gasteiger partial charge in [-0.2, -0.15) is 0 Å². The Bertz CT molecular complexity index is 1070. The summed E-state index contributed by atoms with van der Waals surface area (Å²) in [5.74, 6) is 0. The average Bonchev–Trinajstić information content (AvgIpc) is 3.12. The number of nitrogens with zero attached hydrogens (tertiary/aromatic N) is 4. The molecule has 2 aromatic heterocycles. The van der Waals surface area contributed by atoms with Crippen LogP contribution >= 0.6 is 11.6 Å². The van der Waals surface area contributed by atoms with Crippen LogP contribution in [-0.2, 0) is 6.54 Å². The number of aromatic nitrogens is 5. The van der Waals surface area contributed by atoms with Gasteiger partial charge in [0.15, 0.2) is 0 Å². The highest BCUT2D eigenvalue weighted by atomic mass is 35.5. The number of aromatic amines is 1. The molecular weight excluding hydrogens is 330 g/mol. The Kier molecular flexibility index (Phi) is 3.70. The minimum Gasteiger partial charge on any atom is -0.395 e. The first-order valence-corrected chi connectivity index (χ1v) is 7.92. The number of imidazole rings is 1. The zero-order valence-corrected chi connectivity index (χ0v) is 13.4. The van der Waals surface area contributed by atoms with Gasteiger partial charge in [-0.15, -0.1) is 5.10 Å². The number of para-hydroxylation sites is 2. The van der Waals surface area contributed by atoms with Crippen molar-refractivity contribution in [1.29, 1.82) is 0 Å². The molecule has 0 bridgehead atoms. The maximum atomic E-state index is 12.0. The molecule has 1 N–H and O–H groups in total. The zero-order valence-electron chi connectivity index (χ0n) is 12.6. The van der Waals surface area contributed by atoms with Gasteiger partial charge in [-0.05, 0) is 35.5 Å². The molecule has 0 saturated carbocycles. The summed E-state index contributed by atoms with van der Waals surface area (Å²) < 4.78 is 1.70. The van der Waals surface area contributed by atoms with E-state index in [9.17, 15) is 4.79 Å². The van der Waals surface area contributed by atoms with Crippen LogP contribution in [0.1, 0.15) is 6.42 Å². The summed E-state index contributed by atoms with van der Waals surface area (Å²) in [6.07, 6.45) is 0.656. The lowest BCUT2D eigenvalue weighted by Crippen LogP contribution is -2.20. The fourth-order valence-electron chi connectivity index (χ4n) is 2.67. The van der Waals surface area contributed by atoms with Gasteiger partial charge in [0.05, 0.1) is 11.0 Å². The number of aryl methyl sites for hydroxylation is 1. The number of fused-ring (bicyclic) bond motifs is 2. The summed E-state index contributed by atoms with van der Waals surface area (Å²) in [4.78, 5) is 21.8. The van der Waals surface area contributed by atoms with Crippen LogP contribution in [0.4, 0.5) is 0 Å². The summed E-state index contributed by atoms with van der Waals surface area (Å²) in [6, 6.07) is 12.9. The fraction of sp³-hybridized carbons (Fsp3) is 0.188. The molecule has 122 valence electrons. The maximum absolute atomic E-state index is 12.0. The van der Waals surface area contributed by atoms with E-state index in [0.717, 1.165) is 11.0 Å². The highest BCUT2D eigenvalue weighted by Gasteiger charge is 2.07. The summed E-state index contributed by atoms with van der Waals surface area (Å²) in [5.41, 5.74) is 3.04. The smallest absolute Gasteiger partial charge is 0.326 e. The Morgan fingerprint density at radius 3 is 2.96 bits per heavy atom. The molecule has 0 aliphatic rings. The van der Waals surface area contributed by atoms with Gasteiger partial charge in [0.25, 0.3) is 0 Å². The summed E-state index contributed by atoms with van der Waals surface area (Å²) >= 11 is 5.98. The summed E-state index contributed by atoms with van der Waals surface area (Å²) in [6.45, 7) is 0.952. The van der Waals surface area contributed by atoms with Crippen LogP contribution in [0, 0.1) is 0 Å². The zero-order chi connectivity index (χ0) is 16.5. The third-order valence-corrected chi connectivity index (χ3v) is 4.03. The standard InChI is InChI=1S/C16H14ClN5O2/c17-11-6-7-13-15(10-11)22(20-19-13)24-9-3-8-21-14-5-2-1-4-12(14)18-16(21)23/h1-2,4-7,10H,3,8-9H2,(H,18,23). The molecule has 0 spiro atoms. The molecule has 0 aliphatic heterocycles. The van der Waals surface area contributed by atoms with Crippen molar-refractivity contribution >= 4 is 33.7 Å². The van der Waals surface area contributed by atoms with Gasteiger partial charge in [0.1, 0.15) is 17.6 Å². The quantitative estimate of drug-likeness (QED) is 0.564. The molecule has 0 atom stereocenters. The van der Waals surface area contributed by atoms with Gasteiger partial charge >= 0.3 is 5.69 Å². The Hall–Kier alpha value is -2.80. The molecule has 4 rings (SSSR count). The van der Waals surface area contributed by atoms with E-state index in [0.29, 0.717) is 35.6 Å². The van der Waals surface area contributed by atoms with Crippen LogP contribution < -0.4 is 10.5 Å². The molecule has 0 fully saturated rings. The Labute approximate surface area is 141 Å². The highest BCUT2D eigenvalue weighted by Crippen LogP contribution is 2.16. The minimum absolute atomic E-state index is 0.116. The minimum atomic E-state index is -0.116. The Balaban J connectivity index is 1.45. The Morgan fingerprint density at radius 1 is 1.17 bits per heavy atom. The molecule has 0 radical (unpaired) electrons. The second kappa shape index (κ2) is 6.01. The van der Waals surface area contributed by atoms with Crippen molar-refractivity contribution in [3.8, 4) is 0 Å². The van der Waals surface area contributed by atoms with E-state index < -0.39 is 0 Å². The SMILES string of the molecule is O=c1[nH]c2ccccc2n1CCCOn1nnc2ccc(Cl)cc21. The van der Waals surface area contributed by atoms with Crippen molar-refractivity contribution in [1.82, 2.24) is 24.7 Å². The van der Waals surface area contributed by atoms with E-state index in [4.69, 9.17) is 16.4 Å². The van der Waals surface area contributed by atoms with Crippen LogP contribution in [0.15, 0.2) is 47.3 Å². The topological polar surface area (TPSA) is 77.7 Å². The molecule has 0 amide bonds. The van der Waals surface area contributed by atoms with Crippen LogP contribution in [0.2, 0.25) is 5.02 Å². The van der Waals surface area contributed by atoms with E-state index in [1.54, 1.807) is 22.8 Å². The number of nitrogens with one attached hydrogen (secondary N) is 1. The second-order valence-electron chi connectivity index (χ2n) is 5.38.